The summed E-state index contributed by atoms with van der Waals surface area (Å²) >= 11 is 0. The second kappa shape index (κ2) is 4.89. The second-order valence-electron chi connectivity index (χ2n) is 5.48. The standard InChI is InChI=1S/C18H13N3O.ClH/c1-22-10-6-7-12-14(8-10)21-18-16-11-4-2-3-5-13(11)20-15(16)9-19-17(12)18;/h2-9,20-21H,1H3;1H. The molecule has 5 heteroatoms. The molecule has 0 saturated heterocycles. The molecule has 0 saturated carbocycles. The number of fused-ring (bicyclic) bond motifs is 7. The Kier molecular flexibility index (Phi) is 2.96. The van der Waals surface area contributed by atoms with Gasteiger partial charge in [-0.3, -0.25) is 4.98 Å². The summed E-state index contributed by atoms with van der Waals surface area (Å²) in [6.45, 7) is 0. The molecule has 0 bridgehead atoms. The number of hydrogen-bond acceptors (Lipinski definition) is 2. The van der Waals surface area contributed by atoms with E-state index in [1.807, 2.05) is 24.4 Å². The summed E-state index contributed by atoms with van der Waals surface area (Å²) in [5, 5.41) is 3.52. The Labute approximate surface area is 137 Å². The zero-order valence-corrected chi connectivity index (χ0v) is 13.2. The van der Waals surface area contributed by atoms with Gasteiger partial charge in [0, 0.05) is 27.7 Å². The number of aromatic amines is 2. The number of H-pyrrole nitrogens is 2. The minimum Gasteiger partial charge on any atom is -0.497 e. The molecule has 2 N–H and O–H groups in total. The average Bonchev–Trinajstić information content (AvgIpc) is 3.11. The molecule has 3 heterocycles. The smallest absolute Gasteiger partial charge is 0.120 e. The van der Waals surface area contributed by atoms with Crippen LogP contribution in [-0.2, 0) is 0 Å². The average molecular weight is 324 g/mol. The minimum absolute atomic E-state index is 0. The molecule has 0 aliphatic carbocycles. The lowest BCUT2D eigenvalue weighted by Gasteiger charge is -1.97. The van der Waals surface area contributed by atoms with Crippen molar-refractivity contribution < 1.29 is 4.74 Å². The molecule has 0 unspecified atom stereocenters. The molecule has 4 nitrogen and oxygen atoms in total. The van der Waals surface area contributed by atoms with Crippen molar-refractivity contribution in [3.05, 3.63) is 48.7 Å². The number of rotatable bonds is 1. The van der Waals surface area contributed by atoms with Crippen LogP contribution >= 0.6 is 12.4 Å². The van der Waals surface area contributed by atoms with Crippen LogP contribution in [0.25, 0.3) is 43.7 Å². The van der Waals surface area contributed by atoms with E-state index in [-0.39, 0.29) is 12.4 Å². The maximum Gasteiger partial charge on any atom is 0.120 e. The van der Waals surface area contributed by atoms with Crippen LogP contribution in [0.5, 0.6) is 5.75 Å². The Bertz CT molecular complexity index is 1170. The Balaban J connectivity index is 0.00000135. The molecule has 0 amide bonds. The van der Waals surface area contributed by atoms with Crippen LogP contribution in [0.1, 0.15) is 0 Å². The van der Waals surface area contributed by atoms with Crippen LogP contribution in [0, 0.1) is 0 Å². The number of methoxy groups -OCH3 is 1. The van der Waals surface area contributed by atoms with E-state index in [4.69, 9.17) is 4.74 Å². The number of nitrogens with one attached hydrogen (secondary N) is 2. The van der Waals surface area contributed by atoms with Crippen molar-refractivity contribution in [2.24, 2.45) is 0 Å². The summed E-state index contributed by atoms with van der Waals surface area (Å²) in [4.78, 5) is 11.6. The maximum atomic E-state index is 5.31. The van der Waals surface area contributed by atoms with Crippen molar-refractivity contribution in [3.8, 4) is 5.75 Å². The van der Waals surface area contributed by atoms with Gasteiger partial charge in [-0.05, 0) is 18.2 Å². The van der Waals surface area contributed by atoms with Gasteiger partial charge in [0.25, 0.3) is 0 Å². The fraction of sp³-hybridized carbons (Fsp3) is 0.0556. The highest BCUT2D eigenvalue weighted by Gasteiger charge is 2.13. The highest BCUT2D eigenvalue weighted by Crippen LogP contribution is 2.34. The first-order valence-electron chi connectivity index (χ1n) is 7.20. The van der Waals surface area contributed by atoms with E-state index in [2.05, 4.69) is 39.2 Å². The number of benzene rings is 2. The predicted octanol–water partition coefficient (Wildman–Crippen LogP) is 4.78. The highest BCUT2D eigenvalue weighted by atomic mass is 35.5. The van der Waals surface area contributed by atoms with Crippen LogP contribution in [0.15, 0.2) is 48.7 Å². The normalized spacial score (nSPS) is 11.3. The van der Waals surface area contributed by atoms with Gasteiger partial charge in [0.15, 0.2) is 0 Å². The fourth-order valence-electron chi connectivity index (χ4n) is 3.26. The van der Waals surface area contributed by atoms with E-state index >= 15 is 0 Å². The second-order valence-corrected chi connectivity index (χ2v) is 5.48. The molecule has 0 radical (unpaired) electrons. The van der Waals surface area contributed by atoms with E-state index in [0.29, 0.717) is 0 Å². The molecule has 5 rings (SSSR count). The molecule has 2 aromatic carbocycles. The molecule has 5 aromatic rings. The van der Waals surface area contributed by atoms with Crippen molar-refractivity contribution in [1.29, 1.82) is 0 Å². The number of aromatic nitrogens is 3. The number of pyridine rings is 1. The Morgan fingerprint density at radius 1 is 0.913 bits per heavy atom. The van der Waals surface area contributed by atoms with Gasteiger partial charge in [0.05, 0.1) is 35.4 Å². The molecule has 0 atom stereocenters. The van der Waals surface area contributed by atoms with Crippen molar-refractivity contribution in [1.82, 2.24) is 15.0 Å². The molecule has 114 valence electrons. The molecule has 0 spiro atoms. The highest BCUT2D eigenvalue weighted by molar-refractivity contribution is 6.22. The summed E-state index contributed by atoms with van der Waals surface area (Å²) in [5.41, 5.74) is 5.28. The minimum atomic E-state index is 0. The van der Waals surface area contributed by atoms with Gasteiger partial charge in [-0.2, -0.15) is 0 Å². The van der Waals surface area contributed by atoms with E-state index in [0.717, 1.165) is 38.7 Å². The molecule has 0 fully saturated rings. The van der Waals surface area contributed by atoms with E-state index < -0.39 is 0 Å². The van der Waals surface area contributed by atoms with Crippen LogP contribution in [-0.4, -0.2) is 22.1 Å². The lowest BCUT2D eigenvalue weighted by molar-refractivity contribution is 0.415. The number of hydrogen-bond donors (Lipinski definition) is 2. The largest absolute Gasteiger partial charge is 0.497 e. The van der Waals surface area contributed by atoms with Crippen molar-refractivity contribution in [2.45, 2.75) is 0 Å². The fourth-order valence-corrected chi connectivity index (χ4v) is 3.26. The summed E-state index contributed by atoms with van der Waals surface area (Å²) < 4.78 is 5.31. The number of para-hydroxylation sites is 1. The Morgan fingerprint density at radius 3 is 2.65 bits per heavy atom. The van der Waals surface area contributed by atoms with Gasteiger partial charge in [-0.25, -0.2) is 0 Å². The number of nitrogens with zero attached hydrogens (tertiary/aromatic N) is 1. The van der Waals surface area contributed by atoms with Gasteiger partial charge in [-0.1, -0.05) is 18.2 Å². The molecule has 0 aliphatic heterocycles. The molecule has 0 aliphatic rings. The molecular weight excluding hydrogens is 310 g/mol. The number of halogens is 1. The lowest BCUT2D eigenvalue weighted by Crippen LogP contribution is -1.81. The van der Waals surface area contributed by atoms with Crippen LogP contribution < -0.4 is 4.74 Å². The van der Waals surface area contributed by atoms with Crippen molar-refractivity contribution >= 4 is 56.1 Å². The third-order valence-corrected chi connectivity index (χ3v) is 4.29. The third kappa shape index (κ3) is 1.82. The van der Waals surface area contributed by atoms with Gasteiger partial charge < -0.3 is 14.7 Å². The van der Waals surface area contributed by atoms with E-state index in [1.54, 1.807) is 7.11 Å². The predicted molar refractivity (Wildman–Crippen MR) is 96.8 cm³/mol. The molecule has 23 heavy (non-hydrogen) atoms. The topological polar surface area (TPSA) is 53.7 Å². The summed E-state index contributed by atoms with van der Waals surface area (Å²) in [6, 6.07) is 14.4. The molecule has 3 aromatic heterocycles. The first-order chi connectivity index (χ1) is 10.8. The summed E-state index contributed by atoms with van der Waals surface area (Å²) in [6.07, 6.45) is 1.91. The first-order valence-corrected chi connectivity index (χ1v) is 7.20. The lowest BCUT2D eigenvalue weighted by atomic mass is 10.1. The van der Waals surface area contributed by atoms with Crippen LogP contribution in [0.3, 0.4) is 0 Å². The summed E-state index contributed by atoms with van der Waals surface area (Å²) in [5.74, 6) is 0.842. The van der Waals surface area contributed by atoms with Crippen molar-refractivity contribution in [2.75, 3.05) is 7.11 Å². The van der Waals surface area contributed by atoms with Gasteiger partial charge in [0.1, 0.15) is 5.75 Å². The monoisotopic (exact) mass is 323 g/mol. The van der Waals surface area contributed by atoms with Gasteiger partial charge in [-0.15, -0.1) is 12.4 Å². The first kappa shape index (κ1) is 13.9. The van der Waals surface area contributed by atoms with E-state index in [1.165, 1.54) is 10.8 Å². The number of ether oxygens (including phenoxy) is 1. The quantitative estimate of drug-likeness (QED) is 0.466. The zero-order chi connectivity index (χ0) is 14.7. The Hall–Kier alpha value is -2.72. The van der Waals surface area contributed by atoms with Crippen LogP contribution in [0.2, 0.25) is 0 Å². The van der Waals surface area contributed by atoms with Crippen LogP contribution in [0.4, 0.5) is 0 Å². The Morgan fingerprint density at radius 2 is 1.78 bits per heavy atom. The van der Waals surface area contributed by atoms with Gasteiger partial charge >= 0.3 is 0 Å². The van der Waals surface area contributed by atoms with Gasteiger partial charge in [0.2, 0.25) is 0 Å². The zero-order valence-electron chi connectivity index (χ0n) is 12.4. The van der Waals surface area contributed by atoms with Crippen molar-refractivity contribution in [3.63, 3.8) is 0 Å². The maximum absolute atomic E-state index is 5.31. The third-order valence-electron chi connectivity index (χ3n) is 4.29. The molecular formula is C18H14ClN3O. The summed E-state index contributed by atoms with van der Waals surface area (Å²) in [7, 11) is 1.68. The SMILES string of the molecule is COc1ccc2c(c1)[nH]c1c2ncc2[nH]c3ccccc3c21.Cl. The van der Waals surface area contributed by atoms with E-state index in [9.17, 15) is 0 Å².